The third-order valence-corrected chi connectivity index (χ3v) is 5.14. The summed E-state index contributed by atoms with van der Waals surface area (Å²) in [6.07, 6.45) is 5.58. The van der Waals surface area contributed by atoms with Crippen molar-refractivity contribution >= 4 is 31.6 Å². The van der Waals surface area contributed by atoms with E-state index in [1.54, 1.807) is 16.8 Å². The maximum atomic E-state index is 12.4. The van der Waals surface area contributed by atoms with Gasteiger partial charge in [0.25, 0.3) is 10.0 Å². The lowest BCUT2D eigenvalue weighted by Gasteiger charge is -2.10. The highest BCUT2D eigenvalue weighted by Crippen LogP contribution is 2.26. The minimum Gasteiger partial charge on any atom is -0.333 e. The van der Waals surface area contributed by atoms with Crippen LogP contribution in [0, 0.1) is 6.92 Å². The fourth-order valence-electron chi connectivity index (χ4n) is 1.74. The van der Waals surface area contributed by atoms with Gasteiger partial charge in [-0.05, 0) is 47.8 Å². The molecule has 0 amide bonds. The molecule has 1 atom stereocenters. The molecule has 0 aliphatic carbocycles. The topological polar surface area (TPSA) is 76.9 Å². The Morgan fingerprint density at radius 3 is 2.76 bits per heavy atom. The van der Waals surface area contributed by atoms with E-state index in [0.29, 0.717) is 10.3 Å². The molecule has 8 heteroatoms. The second kappa shape index (κ2) is 6.15. The zero-order chi connectivity index (χ0) is 15.6. The van der Waals surface area contributed by atoms with E-state index in [0.717, 1.165) is 12.0 Å². The summed E-state index contributed by atoms with van der Waals surface area (Å²) in [7, 11) is -3.73. The third kappa shape index (κ3) is 3.44. The molecule has 1 N–H and O–H groups in total. The van der Waals surface area contributed by atoms with E-state index >= 15 is 0 Å². The maximum Gasteiger partial charge on any atom is 0.281 e. The molecule has 2 aromatic heterocycles. The van der Waals surface area contributed by atoms with Gasteiger partial charge in [-0.15, -0.1) is 0 Å². The normalized spacial score (nSPS) is 13.1. The minimum atomic E-state index is -3.73. The van der Waals surface area contributed by atoms with E-state index in [4.69, 9.17) is 0 Å². The smallest absolute Gasteiger partial charge is 0.281 e. The molecular weight excluding hydrogens is 356 g/mol. The Morgan fingerprint density at radius 1 is 1.43 bits per heavy atom. The molecule has 0 aliphatic heterocycles. The van der Waals surface area contributed by atoms with Crippen LogP contribution in [0.1, 0.15) is 31.9 Å². The predicted molar refractivity (Wildman–Crippen MR) is 84.7 cm³/mol. The first-order chi connectivity index (χ1) is 9.85. The minimum absolute atomic E-state index is 0.00190. The molecule has 0 fully saturated rings. The van der Waals surface area contributed by atoms with Crippen molar-refractivity contribution in [2.45, 2.75) is 38.3 Å². The van der Waals surface area contributed by atoms with Gasteiger partial charge in [0, 0.05) is 18.4 Å². The summed E-state index contributed by atoms with van der Waals surface area (Å²) in [4.78, 5) is 8.02. The van der Waals surface area contributed by atoms with Crippen molar-refractivity contribution in [1.29, 1.82) is 0 Å². The number of pyridine rings is 1. The van der Waals surface area contributed by atoms with Gasteiger partial charge < -0.3 is 4.57 Å². The lowest BCUT2D eigenvalue weighted by atomic mass is 10.3. The molecule has 2 heterocycles. The number of halogens is 1. The maximum absolute atomic E-state index is 12.4. The summed E-state index contributed by atoms with van der Waals surface area (Å²) in [5, 5.41) is -0.00190. The molecule has 0 spiro atoms. The molecule has 0 aromatic carbocycles. The number of aromatic nitrogens is 3. The molecule has 21 heavy (non-hydrogen) atoms. The van der Waals surface area contributed by atoms with Crippen molar-refractivity contribution < 1.29 is 8.42 Å². The van der Waals surface area contributed by atoms with Crippen LogP contribution in [-0.4, -0.2) is 23.0 Å². The van der Waals surface area contributed by atoms with Gasteiger partial charge in [0.15, 0.2) is 5.03 Å². The van der Waals surface area contributed by atoms with Crippen molar-refractivity contribution in [1.82, 2.24) is 14.5 Å². The van der Waals surface area contributed by atoms with E-state index < -0.39 is 10.0 Å². The highest BCUT2D eigenvalue weighted by molar-refractivity contribution is 9.10. The van der Waals surface area contributed by atoms with Crippen LogP contribution < -0.4 is 4.72 Å². The number of nitrogens with one attached hydrogen (secondary N) is 1. The molecule has 6 nitrogen and oxygen atoms in total. The summed E-state index contributed by atoms with van der Waals surface area (Å²) >= 11 is 3.25. The van der Waals surface area contributed by atoms with E-state index in [2.05, 4.69) is 30.6 Å². The van der Waals surface area contributed by atoms with Gasteiger partial charge in [-0.2, -0.15) is 8.42 Å². The van der Waals surface area contributed by atoms with Crippen molar-refractivity contribution in [3.05, 3.63) is 35.0 Å². The summed E-state index contributed by atoms with van der Waals surface area (Å²) < 4.78 is 29.6. The third-order valence-electron chi connectivity index (χ3n) is 3.30. The van der Waals surface area contributed by atoms with Gasteiger partial charge in [0.2, 0.25) is 0 Å². The van der Waals surface area contributed by atoms with E-state index in [9.17, 15) is 8.42 Å². The number of aryl methyl sites for hydroxylation is 1. The molecule has 0 bridgehead atoms. The Labute approximate surface area is 132 Å². The van der Waals surface area contributed by atoms with Crippen LogP contribution >= 0.6 is 15.9 Å². The van der Waals surface area contributed by atoms with Crippen LogP contribution in [0.2, 0.25) is 0 Å². The van der Waals surface area contributed by atoms with Crippen molar-refractivity contribution in [3.8, 4) is 0 Å². The Bertz CT molecular complexity index is 722. The standard InChI is InChI=1S/C13H17BrN4O2S/c1-4-10(3)18-7-11(16-8-18)21(19,20)17-12-9(2)5-6-15-13(12)14/h5-8,10,17H,4H2,1-3H3/t10-/m0/s1. The average molecular weight is 373 g/mol. The number of imidazole rings is 1. The second-order valence-corrected chi connectivity index (χ2v) is 7.20. The van der Waals surface area contributed by atoms with Crippen molar-refractivity contribution in [2.75, 3.05) is 4.72 Å². The number of nitrogens with zero attached hydrogens (tertiary/aromatic N) is 3. The highest BCUT2D eigenvalue weighted by atomic mass is 79.9. The van der Waals surface area contributed by atoms with Crippen LogP contribution in [0.4, 0.5) is 5.69 Å². The van der Waals surface area contributed by atoms with Crippen molar-refractivity contribution in [3.63, 3.8) is 0 Å². The molecular formula is C13H17BrN4O2S. The van der Waals surface area contributed by atoms with Crippen LogP contribution in [0.5, 0.6) is 0 Å². The lowest BCUT2D eigenvalue weighted by molar-refractivity contribution is 0.529. The van der Waals surface area contributed by atoms with E-state index in [1.165, 1.54) is 12.5 Å². The average Bonchev–Trinajstić information content (AvgIpc) is 2.93. The zero-order valence-electron chi connectivity index (χ0n) is 12.0. The molecule has 0 unspecified atom stereocenters. The summed E-state index contributed by atoms with van der Waals surface area (Å²) in [5.74, 6) is 0. The highest BCUT2D eigenvalue weighted by Gasteiger charge is 2.20. The van der Waals surface area contributed by atoms with E-state index in [1.807, 2.05) is 20.8 Å². The van der Waals surface area contributed by atoms with Gasteiger partial charge >= 0.3 is 0 Å². The largest absolute Gasteiger partial charge is 0.333 e. The Morgan fingerprint density at radius 2 is 2.14 bits per heavy atom. The molecule has 2 rings (SSSR count). The molecule has 2 aromatic rings. The van der Waals surface area contributed by atoms with Gasteiger partial charge in [-0.3, -0.25) is 4.72 Å². The van der Waals surface area contributed by atoms with Crippen LogP contribution in [0.15, 0.2) is 34.4 Å². The SMILES string of the molecule is CC[C@H](C)n1cnc(S(=O)(=O)Nc2c(C)ccnc2Br)c1. The first-order valence-electron chi connectivity index (χ1n) is 6.52. The molecule has 0 saturated heterocycles. The Balaban J connectivity index is 2.33. The molecule has 0 aliphatic rings. The molecule has 0 radical (unpaired) electrons. The first-order valence-corrected chi connectivity index (χ1v) is 8.80. The number of hydrogen-bond acceptors (Lipinski definition) is 4. The second-order valence-electron chi connectivity index (χ2n) is 4.82. The van der Waals surface area contributed by atoms with Crippen molar-refractivity contribution in [2.24, 2.45) is 0 Å². The quantitative estimate of drug-likeness (QED) is 0.817. The molecule has 114 valence electrons. The van der Waals surface area contributed by atoms with Gasteiger partial charge in [-0.25, -0.2) is 9.97 Å². The summed E-state index contributed by atoms with van der Waals surface area (Å²) in [6.45, 7) is 5.85. The number of hydrogen-bond donors (Lipinski definition) is 1. The van der Waals surface area contributed by atoms with Crippen LogP contribution in [0.25, 0.3) is 0 Å². The van der Waals surface area contributed by atoms with Gasteiger partial charge in [0.1, 0.15) is 4.60 Å². The Kier molecular flexibility index (Phi) is 4.67. The summed E-state index contributed by atoms with van der Waals surface area (Å²) in [5.41, 5.74) is 1.21. The first kappa shape index (κ1) is 16.0. The fourth-order valence-corrected chi connectivity index (χ4v) is 3.48. The zero-order valence-corrected chi connectivity index (χ0v) is 14.4. The monoisotopic (exact) mass is 372 g/mol. The fraction of sp³-hybridized carbons (Fsp3) is 0.385. The molecule has 0 saturated carbocycles. The van der Waals surface area contributed by atoms with Gasteiger partial charge in [0.05, 0.1) is 12.0 Å². The van der Waals surface area contributed by atoms with E-state index in [-0.39, 0.29) is 11.1 Å². The number of rotatable bonds is 5. The predicted octanol–water partition coefficient (Wildman–Crippen LogP) is 3.12. The lowest BCUT2D eigenvalue weighted by Crippen LogP contribution is -2.15. The van der Waals surface area contributed by atoms with Crippen LogP contribution in [0.3, 0.4) is 0 Å². The number of anilines is 1. The summed E-state index contributed by atoms with van der Waals surface area (Å²) in [6, 6.07) is 1.94. The Hall–Kier alpha value is -1.41. The number of sulfonamides is 1. The van der Waals surface area contributed by atoms with Crippen LogP contribution in [-0.2, 0) is 10.0 Å². The van der Waals surface area contributed by atoms with Gasteiger partial charge in [-0.1, -0.05) is 6.92 Å².